The van der Waals surface area contributed by atoms with Gasteiger partial charge in [0.1, 0.15) is 5.52 Å². The summed E-state index contributed by atoms with van der Waals surface area (Å²) in [6.45, 7) is 2.60. The number of pyridine rings is 1. The highest BCUT2D eigenvalue weighted by Crippen LogP contribution is 2.31. The van der Waals surface area contributed by atoms with Gasteiger partial charge < -0.3 is 9.88 Å². The zero-order valence-electron chi connectivity index (χ0n) is 12.9. The number of H-pyrrole nitrogens is 1. The van der Waals surface area contributed by atoms with Crippen LogP contribution in [0.25, 0.3) is 11.0 Å². The third-order valence-corrected chi connectivity index (χ3v) is 5.06. The van der Waals surface area contributed by atoms with Crippen molar-refractivity contribution < 1.29 is 4.79 Å². The summed E-state index contributed by atoms with van der Waals surface area (Å²) in [6.07, 6.45) is 2.51. The normalized spacial score (nSPS) is 17.1. The monoisotopic (exact) mass is 360 g/mol. The summed E-state index contributed by atoms with van der Waals surface area (Å²) in [4.78, 5) is 26.5. The van der Waals surface area contributed by atoms with E-state index in [-0.39, 0.29) is 17.8 Å². The fourth-order valence-electron chi connectivity index (χ4n) is 3.17. The van der Waals surface area contributed by atoms with Gasteiger partial charge in [0.05, 0.1) is 21.6 Å². The Morgan fingerprint density at radius 3 is 2.88 bits per heavy atom. The van der Waals surface area contributed by atoms with Crippen LogP contribution in [-0.2, 0) is 6.42 Å². The number of rotatable bonds is 1. The van der Waals surface area contributed by atoms with Gasteiger partial charge in [-0.2, -0.15) is 0 Å². The number of imidazole rings is 1. The minimum Gasteiger partial charge on any atom is -0.333 e. The fourth-order valence-corrected chi connectivity index (χ4v) is 3.57. The Labute approximate surface area is 148 Å². The van der Waals surface area contributed by atoms with E-state index in [9.17, 15) is 4.79 Å². The number of fused-ring (bicyclic) bond motifs is 2. The van der Waals surface area contributed by atoms with Crippen LogP contribution in [0.4, 0.5) is 0 Å². The van der Waals surface area contributed by atoms with Crippen LogP contribution < -0.4 is 0 Å². The van der Waals surface area contributed by atoms with Crippen molar-refractivity contribution >= 4 is 40.1 Å². The number of benzene rings is 1. The number of hydrogen-bond donors (Lipinski definition) is 1. The molecule has 24 heavy (non-hydrogen) atoms. The number of hydrogen-bond acceptors (Lipinski definition) is 3. The van der Waals surface area contributed by atoms with Gasteiger partial charge in [0.2, 0.25) is 0 Å². The Kier molecular flexibility index (Phi) is 3.70. The van der Waals surface area contributed by atoms with Crippen LogP contribution in [0.3, 0.4) is 0 Å². The number of nitrogens with one attached hydrogen (secondary N) is 1. The smallest absolute Gasteiger partial charge is 0.290 e. The zero-order valence-corrected chi connectivity index (χ0v) is 14.4. The highest BCUT2D eigenvalue weighted by atomic mass is 35.5. The molecule has 0 radical (unpaired) electrons. The van der Waals surface area contributed by atoms with Gasteiger partial charge in [-0.25, -0.2) is 4.98 Å². The number of aromatic amines is 1. The highest BCUT2D eigenvalue weighted by Gasteiger charge is 2.30. The molecule has 0 unspecified atom stereocenters. The minimum atomic E-state index is -0.166. The van der Waals surface area contributed by atoms with E-state index < -0.39 is 0 Å². The third kappa shape index (κ3) is 2.36. The molecule has 5 nitrogen and oxygen atoms in total. The van der Waals surface area contributed by atoms with Crippen molar-refractivity contribution in [1.29, 1.82) is 0 Å². The second kappa shape index (κ2) is 5.76. The van der Waals surface area contributed by atoms with Crippen molar-refractivity contribution in [2.75, 3.05) is 6.54 Å². The molecule has 7 heteroatoms. The number of carbonyl (C=O) groups is 1. The Morgan fingerprint density at radius 1 is 1.29 bits per heavy atom. The molecule has 1 atom stereocenters. The average Bonchev–Trinajstić information content (AvgIpc) is 3.05. The zero-order chi connectivity index (χ0) is 16.8. The molecule has 3 heterocycles. The Bertz CT molecular complexity index is 914. The molecule has 2 aromatic heterocycles. The van der Waals surface area contributed by atoms with E-state index in [4.69, 9.17) is 23.2 Å². The lowest BCUT2D eigenvalue weighted by atomic mass is 9.98. The molecule has 0 saturated heterocycles. The first-order chi connectivity index (χ1) is 11.6. The molecule has 1 aromatic carbocycles. The maximum atomic E-state index is 12.9. The first-order valence-corrected chi connectivity index (χ1v) is 8.40. The molecule has 1 aliphatic heterocycles. The lowest BCUT2D eigenvalue weighted by molar-refractivity contribution is 0.0665. The van der Waals surface area contributed by atoms with E-state index in [1.807, 2.05) is 19.1 Å². The van der Waals surface area contributed by atoms with Gasteiger partial charge in [0, 0.05) is 24.9 Å². The van der Waals surface area contributed by atoms with Gasteiger partial charge in [-0.1, -0.05) is 29.3 Å². The third-order valence-electron chi connectivity index (χ3n) is 4.44. The van der Waals surface area contributed by atoms with Crippen molar-refractivity contribution in [2.24, 2.45) is 0 Å². The van der Waals surface area contributed by atoms with E-state index in [1.165, 1.54) is 0 Å². The molecule has 0 bridgehead atoms. The lowest BCUT2D eigenvalue weighted by Gasteiger charge is -2.34. The van der Waals surface area contributed by atoms with E-state index in [2.05, 4.69) is 15.0 Å². The fraction of sp³-hybridized carbons (Fsp3) is 0.235. The molecule has 1 aliphatic rings. The summed E-state index contributed by atoms with van der Waals surface area (Å²) < 4.78 is 0. The minimum absolute atomic E-state index is 0.0610. The topological polar surface area (TPSA) is 61.9 Å². The van der Waals surface area contributed by atoms with Gasteiger partial charge in [0.15, 0.2) is 5.82 Å². The van der Waals surface area contributed by atoms with Crippen LogP contribution >= 0.6 is 23.2 Å². The van der Waals surface area contributed by atoms with Gasteiger partial charge in [-0.05, 0) is 30.7 Å². The second-order valence-corrected chi connectivity index (χ2v) is 6.62. The molecule has 122 valence electrons. The summed E-state index contributed by atoms with van der Waals surface area (Å²) in [6, 6.07) is 7.20. The molecule has 4 rings (SSSR count). The van der Waals surface area contributed by atoms with Gasteiger partial charge in [-0.3, -0.25) is 9.78 Å². The molecule has 0 fully saturated rings. The van der Waals surface area contributed by atoms with Crippen molar-refractivity contribution in [3.05, 3.63) is 57.6 Å². The van der Waals surface area contributed by atoms with Gasteiger partial charge in [-0.15, -0.1) is 0 Å². The molecule has 3 aromatic rings. The largest absolute Gasteiger partial charge is 0.333 e. The first-order valence-electron chi connectivity index (χ1n) is 7.64. The quantitative estimate of drug-likeness (QED) is 0.712. The number of nitrogens with zero attached hydrogens (tertiary/aromatic N) is 3. The summed E-state index contributed by atoms with van der Waals surface area (Å²) >= 11 is 12.3. The van der Waals surface area contributed by atoms with E-state index in [0.29, 0.717) is 27.6 Å². The van der Waals surface area contributed by atoms with Crippen molar-refractivity contribution in [2.45, 2.75) is 19.4 Å². The van der Waals surface area contributed by atoms with Crippen LogP contribution in [-0.4, -0.2) is 32.3 Å². The predicted octanol–water partition coefficient (Wildman–Crippen LogP) is 4.02. The van der Waals surface area contributed by atoms with E-state index in [1.54, 1.807) is 23.2 Å². The Hall–Kier alpha value is -2.11. The van der Waals surface area contributed by atoms with Crippen molar-refractivity contribution in [3.8, 4) is 0 Å². The number of carbonyl (C=O) groups excluding carboxylic acids is 1. The highest BCUT2D eigenvalue weighted by molar-refractivity contribution is 6.39. The molecule has 1 amide bonds. The van der Waals surface area contributed by atoms with Crippen molar-refractivity contribution in [3.63, 3.8) is 0 Å². The van der Waals surface area contributed by atoms with Crippen LogP contribution in [0.1, 0.15) is 34.8 Å². The summed E-state index contributed by atoms with van der Waals surface area (Å²) in [7, 11) is 0. The molecule has 1 N–H and O–H groups in total. The van der Waals surface area contributed by atoms with Crippen LogP contribution in [0.15, 0.2) is 30.5 Å². The van der Waals surface area contributed by atoms with Crippen molar-refractivity contribution in [1.82, 2.24) is 19.9 Å². The van der Waals surface area contributed by atoms with Gasteiger partial charge >= 0.3 is 0 Å². The Morgan fingerprint density at radius 2 is 2.08 bits per heavy atom. The lowest BCUT2D eigenvalue weighted by Crippen LogP contribution is -2.39. The number of aromatic nitrogens is 3. The summed E-state index contributed by atoms with van der Waals surface area (Å²) in [5.74, 6) is 0.0829. The number of amides is 1. The maximum Gasteiger partial charge on any atom is 0.290 e. The molecular formula is C17H14Cl2N4O. The average molecular weight is 361 g/mol. The van der Waals surface area contributed by atoms with E-state index >= 15 is 0 Å². The first kappa shape index (κ1) is 15.4. The second-order valence-electron chi connectivity index (χ2n) is 5.80. The summed E-state index contributed by atoms with van der Waals surface area (Å²) in [5.41, 5.74) is 3.22. The predicted molar refractivity (Wildman–Crippen MR) is 93.5 cm³/mol. The number of halogens is 2. The molecular weight excluding hydrogens is 347 g/mol. The van der Waals surface area contributed by atoms with E-state index in [0.717, 1.165) is 17.7 Å². The van der Waals surface area contributed by atoms with Gasteiger partial charge in [0.25, 0.3) is 5.91 Å². The maximum absolute atomic E-state index is 12.9. The molecule has 0 saturated carbocycles. The Balaban J connectivity index is 1.72. The van der Waals surface area contributed by atoms with Crippen LogP contribution in [0.5, 0.6) is 0 Å². The molecule has 0 aliphatic carbocycles. The molecule has 0 spiro atoms. The SMILES string of the molecule is C[C@@H]1c2cccnc2CCN1C(=O)c1nc2c(Cl)ccc(Cl)c2[nH]1. The standard InChI is InChI=1S/C17H14Cl2N4O/c1-9-10-3-2-7-20-13(10)6-8-23(9)17(24)16-21-14-11(18)4-5-12(19)15(14)22-16/h2-5,7,9H,6,8H2,1H3,(H,21,22)/t9-/m1/s1. The van der Waals surface area contributed by atoms with Crippen LogP contribution in [0.2, 0.25) is 10.0 Å². The summed E-state index contributed by atoms with van der Waals surface area (Å²) in [5, 5.41) is 0.952. The van der Waals surface area contributed by atoms with Crippen LogP contribution in [0, 0.1) is 0 Å².